The molecule has 0 saturated carbocycles. The topological polar surface area (TPSA) is 273 Å². The molecule has 3 fully saturated rings. The number of fused-ring (bicyclic) bond motifs is 3. The van der Waals surface area contributed by atoms with Crippen LogP contribution in [0.3, 0.4) is 0 Å². The van der Waals surface area contributed by atoms with Crippen LogP contribution >= 0.6 is 27.5 Å². The van der Waals surface area contributed by atoms with Crippen molar-refractivity contribution in [2.24, 2.45) is 0 Å². The number of benzene rings is 4. The molecule has 0 radical (unpaired) electrons. The lowest BCUT2D eigenvalue weighted by Gasteiger charge is -2.34. The van der Waals surface area contributed by atoms with Crippen molar-refractivity contribution in [3.63, 3.8) is 0 Å². The van der Waals surface area contributed by atoms with Crippen molar-refractivity contribution in [1.82, 2.24) is 58.3 Å². The number of hydrogen-bond acceptors (Lipinski definition) is 22. The van der Waals surface area contributed by atoms with Gasteiger partial charge in [0.05, 0.1) is 9.37 Å². The maximum absolute atomic E-state index is 13.4. The first-order valence-corrected chi connectivity index (χ1v) is 34.9. The van der Waals surface area contributed by atoms with E-state index in [0.717, 1.165) is 107 Å². The van der Waals surface area contributed by atoms with Gasteiger partial charge in [-0.05, 0) is 161 Å². The van der Waals surface area contributed by atoms with Gasteiger partial charge in [-0.15, -0.1) is 0 Å². The van der Waals surface area contributed by atoms with Gasteiger partial charge in [-0.2, -0.15) is 15.0 Å². The second kappa shape index (κ2) is 32.2. The second-order valence-electron chi connectivity index (χ2n) is 23.9. The standard InChI is InChI=1S/C27H29ClN6O3S.C20H25BN6O3.C20H23BrN6O.2CH4/c1-4-34-25-18(15-23(26(34)35)22-10-9-21(16-24(22)28)38(3,36)37)17-29-27(31-25)30-19-5-7-20(8-6-19)33-13-11-32(2)12-14-33;1-3-27-18-14(12-17(19(27)28)21(29)30)13-22-20(24-18)23-15-4-6-16(7-5-15)26-10-8-25(2)9-11-26;1-3-27-18-14(12-17(21)19(27)28)13-22-20(24-18)23-15-4-6-16(7-5-15)26-10-8-25(2)9-11-26;;/h5-10,15-17H,4,11-14H2,1-3H3,(H,29,30,31);4-7,12-13,29-30H,3,8-11H2,1-2H3,(H,22,23,24);4-7,12-13H,3,8-11H2,1-2H3,(H,22,23,24);2*1H4. The Balaban J connectivity index is 0.000000173. The minimum absolute atomic E-state index is 0. The van der Waals surface area contributed by atoms with Gasteiger partial charge >= 0.3 is 7.12 Å². The zero-order valence-electron chi connectivity index (χ0n) is 54.6. The Morgan fingerprint density at radius 3 is 1.17 bits per heavy atom. The van der Waals surface area contributed by atoms with Crippen molar-refractivity contribution in [1.29, 1.82) is 0 Å². The van der Waals surface area contributed by atoms with Crippen LogP contribution in [-0.2, 0) is 29.5 Å². The Hall–Kier alpha value is -8.87. The molecular weight excluding hydrogens is 1350 g/mol. The van der Waals surface area contributed by atoms with Crippen molar-refractivity contribution >= 4 is 135 Å². The number of sulfone groups is 1. The minimum Gasteiger partial charge on any atom is -0.423 e. The van der Waals surface area contributed by atoms with Gasteiger partial charge in [0.25, 0.3) is 16.7 Å². The molecule has 0 spiro atoms. The van der Waals surface area contributed by atoms with E-state index in [4.69, 9.17) is 11.6 Å². The molecule has 25 nitrogen and oxygen atoms in total. The van der Waals surface area contributed by atoms with E-state index in [1.807, 2.05) is 50.2 Å². The third kappa shape index (κ3) is 17.0. The smallest absolute Gasteiger partial charge is 0.423 e. The van der Waals surface area contributed by atoms with Crippen LogP contribution in [0.25, 0.3) is 44.2 Å². The SMILES string of the molecule is C.C.CCn1c(=O)c(-c2ccc(S(C)(=O)=O)cc2Cl)cc2cnc(Nc3ccc(N4CCN(C)CC4)cc3)nc21.CCn1c(=O)c(B(O)O)cc2cnc(Nc3ccc(N4CCN(C)CC4)cc3)nc21.CCn1c(=O)c(Br)cc2cnc(Nc3ccc(N4CCN(C)CC4)cc3)nc21. The van der Waals surface area contributed by atoms with Crippen LogP contribution in [0, 0.1) is 0 Å². The molecule has 4 aromatic carbocycles. The molecule has 0 aliphatic carbocycles. The largest absolute Gasteiger partial charge is 0.494 e. The number of anilines is 9. The Kier molecular flexibility index (Phi) is 24.1. The number of likely N-dealkylation sites (N-methyl/N-ethyl adjacent to an activating group) is 3. The number of aryl methyl sites for hydroxylation is 3. The molecule has 0 atom stereocenters. The summed E-state index contributed by atoms with van der Waals surface area (Å²) in [6.07, 6.45) is 6.08. The second-order valence-corrected chi connectivity index (χ2v) is 27.2. The summed E-state index contributed by atoms with van der Waals surface area (Å²) in [5, 5.41) is 30.8. The van der Waals surface area contributed by atoms with Crippen LogP contribution in [0.2, 0.25) is 5.02 Å². The Labute approximate surface area is 584 Å². The van der Waals surface area contributed by atoms with Crippen LogP contribution in [-0.4, -0.2) is 190 Å². The zero-order chi connectivity index (χ0) is 67.9. The lowest BCUT2D eigenvalue weighted by molar-refractivity contribution is 0.313. The summed E-state index contributed by atoms with van der Waals surface area (Å²) in [6.45, 7) is 19.4. The number of pyridine rings is 3. The highest BCUT2D eigenvalue weighted by Crippen LogP contribution is 2.31. The highest BCUT2D eigenvalue weighted by atomic mass is 79.9. The predicted molar refractivity (Wildman–Crippen MR) is 401 cm³/mol. The van der Waals surface area contributed by atoms with E-state index in [0.29, 0.717) is 80.8 Å². The number of aromatic nitrogens is 9. The average molecular weight is 1440 g/mol. The number of piperazine rings is 3. The maximum atomic E-state index is 13.4. The molecule has 29 heteroatoms. The number of hydrogen-bond donors (Lipinski definition) is 5. The first-order chi connectivity index (χ1) is 46.1. The van der Waals surface area contributed by atoms with Gasteiger partial charge in [-0.25, -0.2) is 23.4 Å². The Morgan fingerprint density at radius 2 is 0.827 bits per heavy atom. The molecule has 13 rings (SSSR count). The number of nitrogens with one attached hydrogen (secondary N) is 3. The van der Waals surface area contributed by atoms with E-state index in [1.165, 1.54) is 39.8 Å². The Morgan fingerprint density at radius 1 is 0.480 bits per heavy atom. The molecule has 0 unspecified atom stereocenters. The highest BCUT2D eigenvalue weighted by molar-refractivity contribution is 9.10. The third-order valence-electron chi connectivity index (χ3n) is 17.3. The molecule has 3 saturated heterocycles. The molecular formula is C69H85BBrClN18O7S. The quantitative estimate of drug-likeness (QED) is 0.0603. The molecule has 3 aliphatic rings. The molecule has 10 aromatic rings. The lowest BCUT2D eigenvalue weighted by Crippen LogP contribution is -2.45. The third-order valence-corrected chi connectivity index (χ3v) is 19.3. The monoisotopic (exact) mass is 1430 g/mol. The van der Waals surface area contributed by atoms with Crippen molar-refractivity contribution in [3.8, 4) is 11.1 Å². The van der Waals surface area contributed by atoms with Crippen molar-refractivity contribution in [2.75, 3.05) is 137 Å². The lowest BCUT2D eigenvalue weighted by atomic mass is 9.81. The molecule has 0 amide bonds. The molecule has 3 aliphatic heterocycles. The van der Waals surface area contributed by atoms with Gasteiger partial charge in [-0.3, -0.25) is 28.1 Å². The summed E-state index contributed by atoms with van der Waals surface area (Å²) in [7, 11) is 1.18. The van der Waals surface area contributed by atoms with Crippen LogP contribution in [0.1, 0.15) is 35.6 Å². The van der Waals surface area contributed by atoms with Gasteiger partial charge in [0.15, 0.2) is 9.84 Å². The molecule has 6 aromatic heterocycles. The van der Waals surface area contributed by atoms with E-state index < -0.39 is 22.5 Å². The van der Waals surface area contributed by atoms with E-state index in [9.17, 15) is 32.8 Å². The van der Waals surface area contributed by atoms with Gasteiger partial charge in [-0.1, -0.05) is 32.5 Å². The van der Waals surface area contributed by atoms with Crippen LogP contribution < -0.4 is 52.8 Å². The number of halogens is 2. The minimum atomic E-state index is -3.42. The fourth-order valence-corrected chi connectivity index (χ4v) is 13.2. The number of rotatable bonds is 15. The highest BCUT2D eigenvalue weighted by Gasteiger charge is 2.23. The van der Waals surface area contributed by atoms with E-state index in [1.54, 1.807) is 52.8 Å². The van der Waals surface area contributed by atoms with Crippen LogP contribution in [0.5, 0.6) is 0 Å². The van der Waals surface area contributed by atoms with Gasteiger partial charge in [0.1, 0.15) is 16.9 Å². The molecule has 9 heterocycles. The molecule has 5 N–H and O–H groups in total. The van der Waals surface area contributed by atoms with Gasteiger partial charge in [0.2, 0.25) is 17.8 Å². The molecule has 516 valence electrons. The summed E-state index contributed by atoms with van der Waals surface area (Å²) in [5.41, 5.74) is 7.66. The van der Waals surface area contributed by atoms with Crippen molar-refractivity contribution in [3.05, 3.63) is 168 Å². The van der Waals surface area contributed by atoms with Gasteiger partial charge in [0, 0.05) is 195 Å². The maximum Gasteiger partial charge on any atom is 0.494 e. The van der Waals surface area contributed by atoms with E-state index in [2.05, 4.69) is 149 Å². The fourth-order valence-electron chi connectivity index (χ4n) is 11.7. The zero-order valence-corrected chi connectivity index (χ0v) is 57.8. The predicted octanol–water partition coefficient (Wildman–Crippen LogP) is 8.36. The van der Waals surface area contributed by atoms with Crippen molar-refractivity contribution in [2.45, 2.75) is 60.2 Å². The first kappa shape index (κ1) is 73.4. The summed E-state index contributed by atoms with van der Waals surface area (Å²) >= 11 is 9.72. The normalized spacial score (nSPS) is 14.6. The van der Waals surface area contributed by atoms with Crippen molar-refractivity contribution < 1.29 is 18.5 Å². The number of nitrogens with zero attached hydrogens (tertiary/aromatic N) is 15. The fraction of sp³-hybridized carbons (Fsp3) is 0.348. The first-order valence-electron chi connectivity index (χ1n) is 31.8. The summed E-state index contributed by atoms with van der Waals surface area (Å²) in [6, 6.07) is 33.9. The summed E-state index contributed by atoms with van der Waals surface area (Å²) in [4.78, 5) is 79.3. The Bertz CT molecular complexity index is 4740. The van der Waals surface area contributed by atoms with E-state index >= 15 is 0 Å². The van der Waals surface area contributed by atoms with Crippen LogP contribution in [0.4, 0.5) is 52.0 Å². The van der Waals surface area contributed by atoms with Crippen LogP contribution in [0.15, 0.2) is 152 Å². The molecule has 0 bridgehead atoms. The molecule has 98 heavy (non-hydrogen) atoms. The van der Waals surface area contributed by atoms with E-state index in [-0.39, 0.29) is 41.4 Å². The summed E-state index contributed by atoms with van der Waals surface area (Å²) in [5.74, 6) is 1.23. The summed E-state index contributed by atoms with van der Waals surface area (Å²) < 4.78 is 28.9. The van der Waals surface area contributed by atoms with Gasteiger partial charge < -0.3 is 55.4 Å². The average Bonchev–Trinajstić information content (AvgIpc) is 0.778.